The van der Waals surface area contributed by atoms with Gasteiger partial charge in [0.2, 0.25) is 5.91 Å². The lowest BCUT2D eigenvalue weighted by Gasteiger charge is -2.21. The Balaban J connectivity index is 2.18. The molecule has 1 aliphatic rings. The van der Waals surface area contributed by atoms with E-state index in [1.807, 2.05) is 0 Å². The molecule has 1 amide bonds. The molecule has 1 aliphatic heterocycles. The van der Waals surface area contributed by atoms with Crippen LogP contribution in [0.15, 0.2) is 24.3 Å². The van der Waals surface area contributed by atoms with E-state index in [2.05, 4.69) is 43.4 Å². The third kappa shape index (κ3) is 3.57. The molecule has 1 saturated heterocycles. The second-order valence-electron chi connectivity index (χ2n) is 5.79. The first-order chi connectivity index (χ1) is 9.10. The summed E-state index contributed by atoms with van der Waals surface area (Å²) < 4.78 is 5.18. The van der Waals surface area contributed by atoms with E-state index < -0.39 is 0 Å². The first-order valence-electron chi connectivity index (χ1n) is 6.97. The smallest absolute Gasteiger partial charge is 0.220 e. The summed E-state index contributed by atoms with van der Waals surface area (Å²) in [6.07, 6.45) is 1.64. The van der Waals surface area contributed by atoms with Gasteiger partial charge in [0.15, 0.2) is 0 Å². The van der Waals surface area contributed by atoms with Gasteiger partial charge in [0.05, 0.1) is 6.61 Å². The molecular weight excluding hydrogens is 238 g/mol. The molecule has 1 aromatic carbocycles. The highest BCUT2D eigenvalue weighted by atomic mass is 16.5. The Kier molecular flexibility index (Phi) is 4.59. The number of ether oxygens (including phenoxy) is 1. The molecule has 2 atom stereocenters. The third-order valence-corrected chi connectivity index (χ3v) is 3.65. The summed E-state index contributed by atoms with van der Waals surface area (Å²) in [5, 5.41) is 3.12. The van der Waals surface area contributed by atoms with Gasteiger partial charge in [-0.05, 0) is 23.5 Å². The van der Waals surface area contributed by atoms with E-state index in [1.54, 1.807) is 7.11 Å². The molecule has 1 fully saturated rings. The van der Waals surface area contributed by atoms with Crippen molar-refractivity contribution < 1.29 is 9.53 Å². The Morgan fingerprint density at radius 3 is 2.89 bits per heavy atom. The quantitative estimate of drug-likeness (QED) is 0.885. The van der Waals surface area contributed by atoms with Crippen molar-refractivity contribution in [2.75, 3.05) is 7.11 Å². The first-order valence-corrected chi connectivity index (χ1v) is 6.97. The number of benzene rings is 1. The van der Waals surface area contributed by atoms with E-state index in [-0.39, 0.29) is 11.9 Å². The molecule has 3 nitrogen and oxygen atoms in total. The molecule has 3 heteroatoms. The topological polar surface area (TPSA) is 38.3 Å². The molecule has 1 aromatic rings. The van der Waals surface area contributed by atoms with Gasteiger partial charge < -0.3 is 10.1 Å². The second-order valence-corrected chi connectivity index (χ2v) is 5.79. The van der Waals surface area contributed by atoms with Crippen LogP contribution in [0.25, 0.3) is 0 Å². The van der Waals surface area contributed by atoms with Gasteiger partial charge in [0, 0.05) is 25.5 Å². The lowest BCUT2D eigenvalue weighted by molar-refractivity contribution is -0.119. The Bertz CT molecular complexity index is 442. The molecule has 0 radical (unpaired) electrons. The molecule has 0 spiro atoms. The summed E-state index contributed by atoms with van der Waals surface area (Å²) in [4.78, 5) is 11.7. The van der Waals surface area contributed by atoms with Gasteiger partial charge in [-0.3, -0.25) is 4.79 Å². The number of carbonyl (C=O) groups is 1. The number of nitrogens with one attached hydrogen (secondary N) is 1. The predicted octanol–water partition coefficient (Wildman–Crippen LogP) is 2.85. The highest BCUT2D eigenvalue weighted by Crippen LogP contribution is 2.32. The zero-order chi connectivity index (χ0) is 13.8. The molecule has 0 aliphatic carbocycles. The number of hydrogen-bond donors (Lipinski definition) is 1. The second kappa shape index (κ2) is 6.20. The predicted molar refractivity (Wildman–Crippen MR) is 75.9 cm³/mol. The Hall–Kier alpha value is -1.35. The SMILES string of the molecule is COCc1cccc(C2CC(=O)NC2CC(C)C)c1. The molecule has 0 aromatic heterocycles. The fourth-order valence-electron chi connectivity index (χ4n) is 2.87. The van der Waals surface area contributed by atoms with E-state index in [1.165, 1.54) is 11.1 Å². The van der Waals surface area contributed by atoms with Crippen molar-refractivity contribution in [2.24, 2.45) is 5.92 Å². The molecule has 2 unspecified atom stereocenters. The van der Waals surface area contributed by atoms with Crippen molar-refractivity contribution in [3.05, 3.63) is 35.4 Å². The van der Waals surface area contributed by atoms with Crippen molar-refractivity contribution in [2.45, 2.75) is 45.3 Å². The molecule has 104 valence electrons. The van der Waals surface area contributed by atoms with Gasteiger partial charge in [-0.15, -0.1) is 0 Å². The van der Waals surface area contributed by atoms with Crippen LogP contribution >= 0.6 is 0 Å². The number of rotatable bonds is 5. The van der Waals surface area contributed by atoms with Gasteiger partial charge in [0.25, 0.3) is 0 Å². The standard InChI is InChI=1S/C16H23NO2/c1-11(2)7-15-14(9-16(18)17-15)13-6-4-5-12(8-13)10-19-3/h4-6,8,11,14-15H,7,9-10H2,1-3H3,(H,17,18). The minimum atomic E-state index is 0.174. The van der Waals surface area contributed by atoms with Crippen LogP contribution in [0.1, 0.15) is 43.7 Å². The zero-order valence-corrected chi connectivity index (χ0v) is 12.0. The molecule has 1 heterocycles. The van der Waals surface area contributed by atoms with Crippen molar-refractivity contribution in [3.8, 4) is 0 Å². The van der Waals surface area contributed by atoms with Gasteiger partial charge in [-0.25, -0.2) is 0 Å². The normalized spacial score (nSPS) is 22.8. The average molecular weight is 261 g/mol. The molecule has 19 heavy (non-hydrogen) atoms. The van der Waals surface area contributed by atoms with Crippen molar-refractivity contribution >= 4 is 5.91 Å². The summed E-state index contributed by atoms with van der Waals surface area (Å²) in [7, 11) is 1.70. The fourth-order valence-corrected chi connectivity index (χ4v) is 2.87. The Labute approximate surface area is 115 Å². The van der Waals surface area contributed by atoms with Crippen molar-refractivity contribution in [1.82, 2.24) is 5.32 Å². The molecule has 0 saturated carbocycles. The maximum atomic E-state index is 11.7. The molecule has 0 bridgehead atoms. The monoisotopic (exact) mass is 261 g/mol. The minimum Gasteiger partial charge on any atom is -0.380 e. The van der Waals surface area contributed by atoms with Crippen molar-refractivity contribution in [3.63, 3.8) is 0 Å². The van der Waals surface area contributed by atoms with E-state index in [4.69, 9.17) is 4.74 Å². The average Bonchev–Trinajstić information content (AvgIpc) is 2.70. The van der Waals surface area contributed by atoms with E-state index >= 15 is 0 Å². The van der Waals surface area contributed by atoms with Crippen LogP contribution in [-0.4, -0.2) is 19.1 Å². The number of carbonyl (C=O) groups excluding carboxylic acids is 1. The maximum Gasteiger partial charge on any atom is 0.220 e. The number of hydrogen-bond acceptors (Lipinski definition) is 2. The summed E-state index contributed by atoms with van der Waals surface area (Å²) in [6, 6.07) is 8.68. The van der Waals surface area contributed by atoms with Crippen LogP contribution < -0.4 is 5.32 Å². The van der Waals surface area contributed by atoms with Crippen LogP contribution in [0.5, 0.6) is 0 Å². The third-order valence-electron chi connectivity index (χ3n) is 3.65. The molecular formula is C16H23NO2. The maximum absolute atomic E-state index is 11.7. The summed E-state index contributed by atoms with van der Waals surface area (Å²) in [6.45, 7) is 5.02. The highest BCUT2D eigenvalue weighted by molar-refractivity contribution is 5.80. The van der Waals surface area contributed by atoms with Gasteiger partial charge >= 0.3 is 0 Å². The Morgan fingerprint density at radius 1 is 1.42 bits per heavy atom. The Morgan fingerprint density at radius 2 is 2.21 bits per heavy atom. The fraction of sp³-hybridized carbons (Fsp3) is 0.562. The van der Waals surface area contributed by atoms with Gasteiger partial charge in [-0.2, -0.15) is 0 Å². The van der Waals surface area contributed by atoms with Gasteiger partial charge in [0.1, 0.15) is 0 Å². The molecule has 1 N–H and O–H groups in total. The lowest BCUT2D eigenvalue weighted by Crippen LogP contribution is -2.29. The van der Waals surface area contributed by atoms with Crippen molar-refractivity contribution in [1.29, 1.82) is 0 Å². The van der Waals surface area contributed by atoms with Gasteiger partial charge in [-0.1, -0.05) is 38.1 Å². The van der Waals surface area contributed by atoms with Crippen LogP contribution in [0.2, 0.25) is 0 Å². The van der Waals surface area contributed by atoms with E-state index in [0.29, 0.717) is 24.9 Å². The number of amides is 1. The number of methoxy groups -OCH3 is 1. The first kappa shape index (κ1) is 14.1. The van der Waals surface area contributed by atoms with Crippen LogP contribution in [0.3, 0.4) is 0 Å². The van der Waals surface area contributed by atoms with Crippen LogP contribution in [0, 0.1) is 5.92 Å². The highest BCUT2D eigenvalue weighted by Gasteiger charge is 2.33. The minimum absolute atomic E-state index is 0.174. The van der Waals surface area contributed by atoms with E-state index in [0.717, 1.165) is 6.42 Å². The van der Waals surface area contributed by atoms with Crippen LogP contribution in [-0.2, 0) is 16.1 Å². The van der Waals surface area contributed by atoms with Crippen LogP contribution in [0.4, 0.5) is 0 Å². The summed E-state index contributed by atoms with van der Waals surface area (Å²) in [5.74, 6) is 1.06. The molecule has 2 rings (SSSR count). The summed E-state index contributed by atoms with van der Waals surface area (Å²) >= 11 is 0. The zero-order valence-electron chi connectivity index (χ0n) is 12.0. The summed E-state index contributed by atoms with van der Waals surface area (Å²) in [5.41, 5.74) is 2.42. The van der Waals surface area contributed by atoms with E-state index in [9.17, 15) is 4.79 Å². The lowest BCUT2D eigenvalue weighted by atomic mass is 9.87. The largest absolute Gasteiger partial charge is 0.380 e.